The molecule has 1 fully saturated rings. The third kappa shape index (κ3) is 4.78. The summed E-state index contributed by atoms with van der Waals surface area (Å²) in [5, 5.41) is 2.97. The van der Waals surface area contributed by atoms with Gasteiger partial charge in [0.25, 0.3) is 0 Å². The standard InChI is InChI=1S/C17H26FN3O/c1-13-10-14(5-6-16(13)18)12-21-9-3-2-4-15(21)11-20-17(22)7-8-19/h5-6,10,15H,2-4,7-9,11-12,19H2,1H3,(H,20,22). The molecule has 1 heterocycles. The topological polar surface area (TPSA) is 58.4 Å². The molecule has 0 spiro atoms. The van der Waals surface area contributed by atoms with Gasteiger partial charge in [0.05, 0.1) is 0 Å². The summed E-state index contributed by atoms with van der Waals surface area (Å²) in [4.78, 5) is 14.0. The van der Waals surface area contributed by atoms with Gasteiger partial charge in [0.2, 0.25) is 5.91 Å². The number of halogens is 1. The van der Waals surface area contributed by atoms with E-state index in [9.17, 15) is 9.18 Å². The van der Waals surface area contributed by atoms with Crippen molar-refractivity contribution < 1.29 is 9.18 Å². The van der Waals surface area contributed by atoms with Gasteiger partial charge in [-0.15, -0.1) is 0 Å². The van der Waals surface area contributed by atoms with E-state index in [0.29, 0.717) is 31.1 Å². The molecular formula is C17H26FN3O. The van der Waals surface area contributed by atoms with Crippen LogP contribution in [-0.4, -0.2) is 36.5 Å². The van der Waals surface area contributed by atoms with Gasteiger partial charge in [0, 0.05) is 32.1 Å². The number of hydrogen-bond donors (Lipinski definition) is 2. The van der Waals surface area contributed by atoms with Crippen molar-refractivity contribution in [2.24, 2.45) is 5.73 Å². The van der Waals surface area contributed by atoms with Crippen molar-refractivity contribution >= 4 is 5.91 Å². The monoisotopic (exact) mass is 307 g/mol. The predicted octanol–water partition coefficient (Wildman–Crippen LogP) is 1.95. The molecule has 0 bridgehead atoms. The lowest BCUT2D eigenvalue weighted by Crippen LogP contribution is -2.46. The zero-order chi connectivity index (χ0) is 15.9. The summed E-state index contributed by atoms with van der Waals surface area (Å²) in [6, 6.07) is 5.64. The van der Waals surface area contributed by atoms with Crippen LogP contribution < -0.4 is 11.1 Å². The van der Waals surface area contributed by atoms with Crippen molar-refractivity contribution in [2.75, 3.05) is 19.6 Å². The van der Waals surface area contributed by atoms with Crippen molar-refractivity contribution in [1.29, 1.82) is 0 Å². The second kappa shape index (κ2) is 8.25. The number of benzene rings is 1. The molecule has 5 heteroatoms. The molecule has 0 aliphatic carbocycles. The van der Waals surface area contributed by atoms with E-state index in [2.05, 4.69) is 10.2 Å². The SMILES string of the molecule is Cc1cc(CN2CCCCC2CNC(=O)CCN)ccc1F. The summed E-state index contributed by atoms with van der Waals surface area (Å²) >= 11 is 0. The zero-order valence-electron chi connectivity index (χ0n) is 13.3. The van der Waals surface area contributed by atoms with Crippen LogP contribution in [0.2, 0.25) is 0 Å². The first kappa shape index (κ1) is 16.9. The average molecular weight is 307 g/mol. The second-order valence-corrected chi connectivity index (χ2v) is 6.05. The number of nitrogens with one attached hydrogen (secondary N) is 1. The van der Waals surface area contributed by atoms with Crippen molar-refractivity contribution in [3.05, 3.63) is 35.1 Å². The number of likely N-dealkylation sites (tertiary alicyclic amines) is 1. The number of nitrogens with zero attached hydrogens (tertiary/aromatic N) is 1. The molecule has 3 N–H and O–H groups in total. The van der Waals surface area contributed by atoms with E-state index in [4.69, 9.17) is 5.73 Å². The molecule has 1 atom stereocenters. The van der Waals surface area contributed by atoms with E-state index in [-0.39, 0.29) is 11.7 Å². The molecule has 1 unspecified atom stereocenters. The van der Waals surface area contributed by atoms with Gasteiger partial charge in [0.15, 0.2) is 0 Å². The number of aryl methyl sites for hydroxylation is 1. The van der Waals surface area contributed by atoms with Gasteiger partial charge in [-0.3, -0.25) is 9.69 Å². The maximum absolute atomic E-state index is 13.4. The first-order valence-corrected chi connectivity index (χ1v) is 8.06. The molecule has 1 aromatic carbocycles. The third-order valence-electron chi connectivity index (χ3n) is 4.26. The first-order valence-electron chi connectivity index (χ1n) is 8.06. The molecule has 1 saturated heterocycles. The van der Waals surface area contributed by atoms with Gasteiger partial charge in [-0.1, -0.05) is 18.6 Å². The molecule has 4 nitrogen and oxygen atoms in total. The minimum atomic E-state index is -0.159. The number of amides is 1. The Labute approximate surface area is 131 Å². The fourth-order valence-corrected chi connectivity index (χ4v) is 2.99. The van der Waals surface area contributed by atoms with Crippen molar-refractivity contribution in [1.82, 2.24) is 10.2 Å². The molecule has 22 heavy (non-hydrogen) atoms. The van der Waals surface area contributed by atoms with Crippen LogP contribution in [0.3, 0.4) is 0 Å². The van der Waals surface area contributed by atoms with E-state index in [1.54, 1.807) is 6.92 Å². The Balaban J connectivity index is 1.94. The van der Waals surface area contributed by atoms with Crippen LogP contribution in [0.5, 0.6) is 0 Å². The van der Waals surface area contributed by atoms with E-state index in [1.165, 1.54) is 18.9 Å². The number of nitrogens with two attached hydrogens (primary N) is 1. The Kier molecular flexibility index (Phi) is 6.34. The van der Waals surface area contributed by atoms with Crippen LogP contribution in [0.1, 0.15) is 36.8 Å². The number of carbonyl (C=O) groups excluding carboxylic acids is 1. The van der Waals surface area contributed by atoms with E-state index in [0.717, 1.165) is 25.1 Å². The molecule has 1 aliphatic heterocycles. The lowest BCUT2D eigenvalue weighted by Gasteiger charge is -2.36. The number of piperidine rings is 1. The molecule has 122 valence electrons. The highest BCUT2D eigenvalue weighted by atomic mass is 19.1. The maximum atomic E-state index is 13.4. The lowest BCUT2D eigenvalue weighted by atomic mass is 10.0. The largest absolute Gasteiger partial charge is 0.354 e. The van der Waals surface area contributed by atoms with Crippen molar-refractivity contribution in [3.8, 4) is 0 Å². The van der Waals surface area contributed by atoms with E-state index in [1.807, 2.05) is 12.1 Å². The quantitative estimate of drug-likeness (QED) is 0.844. The van der Waals surface area contributed by atoms with Gasteiger partial charge < -0.3 is 11.1 Å². The van der Waals surface area contributed by atoms with Crippen LogP contribution in [0, 0.1) is 12.7 Å². The van der Waals surface area contributed by atoms with Crippen LogP contribution in [-0.2, 0) is 11.3 Å². The number of carbonyl (C=O) groups is 1. The normalized spacial score (nSPS) is 19.1. The predicted molar refractivity (Wildman–Crippen MR) is 85.9 cm³/mol. The maximum Gasteiger partial charge on any atom is 0.221 e. The Hall–Kier alpha value is -1.46. The van der Waals surface area contributed by atoms with Gasteiger partial charge in [-0.2, -0.15) is 0 Å². The van der Waals surface area contributed by atoms with Crippen LogP contribution in [0.15, 0.2) is 18.2 Å². The molecule has 1 aromatic rings. The Morgan fingerprint density at radius 1 is 1.45 bits per heavy atom. The second-order valence-electron chi connectivity index (χ2n) is 6.05. The summed E-state index contributed by atoms with van der Waals surface area (Å²) in [6.07, 6.45) is 3.83. The van der Waals surface area contributed by atoms with E-state index >= 15 is 0 Å². The van der Waals surface area contributed by atoms with Gasteiger partial charge in [-0.05, 0) is 43.5 Å². The minimum Gasteiger partial charge on any atom is -0.354 e. The molecular weight excluding hydrogens is 281 g/mol. The van der Waals surface area contributed by atoms with Crippen molar-refractivity contribution in [2.45, 2.75) is 45.2 Å². The smallest absolute Gasteiger partial charge is 0.221 e. The number of hydrogen-bond acceptors (Lipinski definition) is 3. The van der Waals surface area contributed by atoms with Crippen LogP contribution >= 0.6 is 0 Å². The Morgan fingerprint density at radius 2 is 2.27 bits per heavy atom. The zero-order valence-corrected chi connectivity index (χ0v) is 13.3. The van der Waals surface area contributed by atoms with Gasteiger partial charge in [0.1, 0.15) is 5.82 Å². The van der Waals surface area contributed by atoms with Crippen LogP contribution in [0.25, 0.3) is 0 Å². The molecule has 1 amide bonds. The average Bonchev–Trinajstić information content (AvgIpc) is 2.50. The molecule has 2 rings (SSSR count). The fraction of sp³-hybridized carbons (Fsp3) is 0.588. The van der Waals surface area contributed by atoms with E-state index < -0.39 is 0 Å². The summed E-state index contributed by atoms with van der Waals surface area (Å²) < 4.78 is 13.4. The fourth-order valence-electron chi connectivity index (χ4n) is 2.99. The third-order valence-corrected chi connectivity index (χ3v) is 4.26. The molecule has 0 radical (unpaired) electrons. The summed E-state index contributed by atoms with van der Waals surface area (Å²) in [7, 11) is 0. The summed E-state index contributed by atoms with van der Waals surface area (Å²) in [5.74, 6) is -0.140. The highest BCUT2D eigenvalue weighted by Gasteiger charge is 2.22. The Morgan fingerprint density at radius 3 is 3.00 bits per heavy atom. The lowest BCUT2D eigenvalue weighted by molar-refractivity contribution is -0.121. The van der Waals surface area contributed by atoms with Gasteiger partial charge >= 0.3 is 0 Å². The summed E-state index contributed by atoms with van der Waals surface area (Å²) in [6.45, 7) is 4.67. The molecule has 0 aromatic heterocycles. The molecule has 0 saturated carbocycles. The van der Waals surface area contributed by atoms with Crippen LogP contribution in [0.4, 0.5) is 4.39 Å². The summed E-state index contributed by atoms with van der Waals surface area (Å²) in [5.41, 5.74) is 7.20. The first-order chi connectivity index (χ1) is 10.6. The highest BCUT2D eigenvalue weighted by Crippen LogP contribution is 2.20. The Bertz CT molecular complexity index is 507. The van der Waals surface area contributed by atoms with Crippen molar-refractivity contribution in [3.63, 3.8) is 0 Å². The van der Waals surface area contributed by atoms with Gasteiger partial charge in [-0.25, -0.2) is 4.39 Å². The minimum absolute atomic E-state index is 0.0191. The number of rotatable bonds is 6. The highest BCUT2D eigenvalue weighted by molar-refractivity contribution is 5.76. The molecule has 1 aliphatic rings.